The number of nitrogens with zero attached hydrogens (tertiary/aromatic N) is 2. The van der Waals surface area contributed by atoms with Crippen LogP contribution in [0.3, 0.4) is 0 Å². The first-order chi connectivity index (χ1) is 13.4. The van der Waals surface area contributed by atoms with Crippen LogP contribution in [-0.2, 0) is 27.8 Å². The lowest BCUT2D eigenvalue weighted by molar-refractivity contribution is -0.138. The summed E-state index contributed by atoms with van der Waals surface area (Å²) in [5.41, 5.74) is 1.41. The first kappa shape index (κ1) is 19.8. The van der Waals surface area contributed by atoms with Crippen LogP contribution in [0.25, 0.3) is 0 Å². The third-order valence-electron chi connectivity index (χ3n) is 5.31. The van der Waals surface area contributed by atoms with Crippen LogP contribution in [0.5, 0.6) is 0 Å². The molecule has 3 heterocycles. The number of nitrogens with one attached hydrogen (secondary N) is 1. The van der Waals surface area contributed by atoms with Gasteiger partial charge < -0.3 is 4.90 Å². The summed E-state index contributed by atoms with van der Waals surface area (Å²) in [5.74, 6) is -0.0155. The highest BCUT2D eigenvalue weighted by atomic mass is 35.5. The van der Waals surface area contributed by atoms with Gasteiger partial charge in [0.1, 0.15) is 0 Å². The number of hydrogen-bond donors (Lipinski definition) is 1. The highest BCUT2D eigenvalue weighted by Gasteiger charge is 2.35. The molecule has 1 N–H and O–H groups in total. The van der Waals surface area contributed by atoms with Crippen LogP contribution in [0, 0.1) is 0 Å². The van der Waals surface area contributed by atoms with Gasteiger partial charge in [-0.2, -0.15) is 0 Å². The summed E-state index contributed by atoms with van der Waals surface area (Å²) >= 11 is 7.67. The minimum atomic E-state index is -3.66. The molecule has 150 valence electrons. The molecule has 6 nitrogen and oxygen atoms in total. The molecule has 1 saturated heterocycles. The number of carbonyl (C=O) groups excluding carboxylic acids is 1. The maximum absolute atomic E-state index is 12.3. The van der Waals surface area contributed by atoms with E-state index in [2.05, 4.69) is 21.1 Å². The summed E-state index contributed by atoms with van der Waals surface area (Å²) in [7, 11) is -3.66. The second kappa shape index (κ2) is 8.12. The molecule has 28 heavy (non-hydrogen) atoms. The third-order valence-corrected chi connectivity index (χ3v) is 8.02. The number of sulfonamides is 1. The van der Waals surface area contributed by atoms with E-state index in [0.29, 0.717) is 11.1 Å². The summed E-state index contributed by atoms with van der Waals surface area (Å²) in [4.78, 5) is 18.2. The summed E-state index contributed by atoms with van der Waals surface area (Å²) in [6, 6.07) is 8.67. The fraction of sp³-hybridized carbons (Fsp3) is 0.421. The molecule has 0 bridgehead atoms. The smallest absolute Gasteiger partial charge is 0.240 e. The Bertz CT molecular complexity index is 970. The Morgan fingerprint density at radius 1 is 1.29 bits per heavy atom. The SMILES string of the molecule is O=C(CCNS(=O)(=O)c1cccc(Cl)c1)N1CC(N2CCc3sccc3C2)C1. The number of likely N-dealkylation sites (tertiary alicyclic amines) is 1. The fourth-order valence-electron chi connectivity index (χ4n) is 3.64. The average Bonchev–Trinajstić information content (AvgIpc) is 3.08. The quantitative estimate of drug-likeness (QED) is 0.750. The highest BCUT2D eigenvalue weighted by Crippen LogP contribution is 2.27. The Morgan fingerprint density at radius 2 is 2.11 bits per heavy atom. The molecule has 4 rings (SSSR count). The van der Waals surface area contributed by atoms with Crippen molar-refractivity contribution in [1.82, 2.24) is 14.5 Å². The largest absolute Gasteiger partial charge is 0.339 e. The predicted molar refractivity (Wildman–Crippen MR) is 110 cm³/mol. The minimum Gasteiger partial charge on any atom is -0.339 e. The van der Waals surface area contributed by atoms with Crippen LogP contribution in [0.2, 0.25) is 5.02 Å². The number of benzene rings is 1. The van der Waals surface area contributed by atoms with Crippen molar-refractivity contribution < 1.29 is 13.2 Å². The Morgan fingerprint density at radius 3 is 2.89 bits per heavy atom. The van der Waals surface area contributed by atoms with Gasteiger partial charge in [0, 0.05) is 55.1 Å². The lowest BCUT2D eigenvalue weighted by Gasteiger charge is -2.46. The molecule has 0 spiro atoms. The fourth-order valence-corrected chi connectivity index (χ4v) is 5.86. The molecule has 0 radical (unpaired) electrons. The molecule has 1 aromatic heterocycles. The van der Waals surface area contributed by atoms with Gasteiger partial charge in [-0.15, -0.1) is 11.3 Å². The molecule has 0 aliphatic carbocycles. The van der Waals surface area contributed by atoms with Gasteiger partial charge >= 0.3 is 0 Å². The molecular formula is C19H22ClN3O3S2. The predicted octanol–water partition coefficient (Wildman–Crippen LogP) is 2.34. The Hall–Kier alpha value is -1.45. The van der Waals surface area contributed by atoms with Gasteiger partial charge in [-0.1, -0.05) is 17.7 Å². The van der Waals surface area contributed by atoms with Crippen LogP contribution in [0.4, 0.5) is 0 Å². The molecule has 1 aromatic carbocycles. The minimum absolute atomic E-state index is 0.0155. The molecular weight excluding hydrogens is 418 g/mol. The van der Waals surface area contributed by atoms with Gasteiger partial charge in [-0.3, -0.25) is 9.69 Å². The number of halogens is 1. The van der Waals surface area contributed by atoms with E-state index in [9.17, 15) is 13.2 Å². The van der Waals surface area contributed by atoms with Gasteiger partial charge in [0.05, 0.1) is 4.90 Å². The topological polar surface area (TPSA) is 69.7 Å². The number of hydrogen-bond acceptors (Lipinski definition) is 5. The molecule has 1 fully saturated rings. The van der Waals surface area contributed by atoms with E-state index in [4.69, 9.17) is 11.6 Å². The summed E-state index contributed by atoms with van der Waals surface area (Å²) in [6.45, 7) is 3.53. The van der Waals surface area contributed by atoms with Gasteiger partial charge in [0.25, 0.3) is 0 Å². The molecule has 2 aliphatic rings. The first-order valence-electron chi connectivity index (χ1n) is 9.25. The highest BCUT2D eigenvalue weighted by molar-refractivity contribution is 7.89. The van der Waals surface area contributed by atoms with Crippen LogP contribution in [0.15, 0.2) is 40.6 Å². The Balaban J connectivity index is 1.22. The van der Waals surface area contributed by atoms with Gasteiger partial charge in [-0.05, 0) is 41.6 Å². The Labute approximate surface area is 174 Å². The number of fused-ring (bicyclic) bond motifs is 1. The van der Waals surface area contributed by atoms with Crippen molar-refractivity contribution in [1.29, 1.82) is 0 Å². The van der Waals surface area contributed by atoms with Crippen LogP contribution < -0.4 is 4.72 Å². The van der Waals surface area contributed by atoms with E-state index in [0.717, 1.165) is 32.6 Å². The standard InChI is InChI=1S/C19H22ClN3O3S2/c20-15-2-1-3-17(10-15)28(25,26)21-7-4-19(24)23-12-16(13-23)22-8-5-18-14(11-22)6-9-27-18/h1-3,6,9-10,16,21H,4-5,7-8,11-13H2. The van der Waals surface area contributed by atoms with Crippen molar-refractivity contribution in [3.05, 3.63) is 51.2 Å². The van der Waals surface area contributed by atoms with Crippen molar-refractivity contribution in [2.45, 2.75) is 30.3 Å². The van der Waals surface area contributed by atoms with Gasteiger partial charge in [0.2, 0.25) is 15.9 Å². The average molecular weight is 440 g/mol. The van der Waals surface area contributed by atoms with Crippen molar-refractivity contribution in [2.24, 2.45) is 0 Å². The van der Waals surface area contributed by atoms with Crippen molar-refractivity contribution in [2.75, 3.05) is 26.2 Å². The van der Waals surface area contributed by atoms with E-state index in [1.54, 1.807) is 12.1 Å². The molecule has 9 heteroatoms. The van der Waals surface area contributed by atoms with Gasteiger partial charge in [0.15, 0.2) is 0 Å². The summed E-state index contributed by atoms with van der Waals surface area (Å²) in [5, 5.41) is 2.51. The lowest BCUT2D eigenvalue weighted by atomic mass is 10.0. The van der Waals surface area contributed by atoms with Crippen molar-refractivity contribution >= 4 is 38.9 Å². The number of amides is 1. The summed E-state index contributed by atoms with van der Waals surface area (Å²) < 4.78 is 27.0. The molecule has 2 aromatic rings. The van der Waals surface area contributed by atoms with Crippen LogP contribution >= 0.6 is 22.9 Å². The maximum Gasteiger partial charge on any atom is 0.240 e. The summed E-state index contributed by atoms with van der Waals surface area (Å²) in [6.07, 6.45) is 1.24. The van der Waals surface area contributed by atoms with Crippen LogP contribution in [0.1, 0.15) is 16.9 Å². The van der Waals surface area contributed by atoms with E-state index < -0.39 is 10.0 Å². The van der Waals surface area contributed by atoms with E-state index in [1.165, 1.54) is 22.6 Å². The molecule has 0 unspecified atom stereocenters. The van der Waals surface area contributed by atoms with Crippen LogP contribution in [-0.4, -0.2) is 56.3 Å². The van der Waals surface area contributed by atoms with E-state index >= 15 is 0 Å². The Kier molecular flexibility index (Phi) is 5.76. The second-order valence-electron chi connectivity index (χ2n) is 7.15. The second-order valence-corrected chi connectivity index (χ2v) is 10.4. The number of thiophene rings is 1. The van der Waals surface area contributed by atoms with E-state index in [-0.39, 0.29) is 23.8 Å². The molecule has 1 amide bonds. The lowest BCUT2D eigenvalue weighted by Crippen LogP contribution is -2.61. The van der Waals surface area contributed by atoms with E-state index in [1.807, 2.05) is 16.2 Å². The zero-order chi connectivity index (χ0) is 19.7. The molecule has 2 aliphatic heterocycles. The molecule has 0 atom stereocenters. The zero-order valence-corrected chi connectivity index (χ0v) is 17.7. The zero-order valence-electron chi connectivity index (χ0n) is 15.3. The van der Waals surface area contributed by atoms with Gasteiger partial charge in [-0.25, -0.2) is 13.1 Å². The normalized spacial score (nSPS) is 18.0. The third kappa shape index (κ3) is 4.26. The first-order valence-corrected chi connectivity index (χ1v) is 12.0. The van der Waals surface area contributed by atoms with Crippen molar-refractivity contribution in [3.8, 4) is 0 Å². The van der Waals surface area contributed by atoms with Crippen molar-refractivity contribution in [3.63, 3.8) is 0 Å². The number of carbonyl (C=O) groups is 1. The molecule has 0 saturated carbocycles. The number of rotatable bonds is 6. The maximum atomic E-state index is 12.3. The monoisotopic (exact) mass is 439 g/mol.